The van der Waals surface area contributed by atoms with Crippen molar-refractivity contribution >= 4 is 5.78 Å². The zero-order valence-electron chi connectivity index (χ0n) is 10.8. The zero-order valence-corrected chi connectivity index (χ0v) is 10.8. The lowest BCUT2D eigenvalue weighted by Gasteiger charge is -2.35. The van der Waals surface area contributed by atoms with Crippen LogP contribution in [-0.2, 0) is 17.8 Å². The Balaban J connectivity index is 2.01. The molecular formula is C13H20N2O2. The quantitative estimate of drug-likeness (QED) is 0.805. The number of rotatable bonds is 3. The number of aromatic nitrogens is 1. The van der Waals surface area contributed by atoms with Crippen LogP contribution in [-0.4, -0.2) is 28.3 Å². The first-order valence-corrected chi connectivity index (χ1v) is 6.32. The van der Waals surface area contributed by atoms with Gasteiger partial charge in [-0.25, -0.2) is 4.98 Å². The predicted molar refractivity (Wildman–Crippen MR) is 64.5 cm³/mol. The minimum Gasteiger partial charge on any atom is -0.444 e. The number of piperidine rings is 1. The fourth-order valence-electron chi connectivity index (χ4n) is 2.25. The van der Waals surface area contributed by atoms with Gasteiger partial charge in [0.15, 0.2) is 0 Å². The van der Waals surface area contributed by atoms with Crippen LogP contribution in [0.1, 0.15) is 38.8 Å². The van der Waals surface area contributed by atoms with E-state index in [1.54, 1.807) is 6.20 Å². The van der Waals surface area contributed by atoms with Gasteiger partial charge in [0.1, 0.15) is 11.5 Å². The minimum atomic E-state index is 0.115. The second-order valence-electron chi connectivity index (χ2n) is 4.79. The van der Waals surface area contributed by atoms with E-state index in [4.69, 9.17) is 4.42 Å². The average molecular weight is 236 g/mol. The van der Waals surface area contributed by atoms with E-state index in [9.17, 15) is 4.79 Å². The van der Waals surface area contributed by atoms with Crippen molar-refractivity contribution in [1.29, 1.82) is 0 Å². The molecule has 2 atom stereocenters. The molecule has 0 aromatic carbocycles. The van der Waals surface area contributed by atoms with Crippen LogP contribution in [0.2, 0.25) is 0 Å². The van der Waals surface area contributed by atoms with Gasteiger partial charge in [0.05, 0.1) is 12.7 Å². The van der Waals surface area contributed by atoms with E-state index in [0.717, 1.165) is 24.6 Å². The molecule has 1 aliphatic heterocycles. The van der Waals surface area contributed by atoms with Crippen LogP contribution in [0.4, 0.5) is 0 Å². The molecule has 94 valence electrons. The van der Waals surface area contributed by atoms with Gasteiger partial charge in [0.25, 0.3) is 0 Å². The molecule has 1 fully saturated rings. The molecule has 0 radical (unpaired) electrons. The van der Waals surface area contributed by atoms with Crippen molar-refractivity contribution in [3.63, 3.8) is 0 Å². The number of ketones is 1. The fourth-order valence-corrected chi connectivity index (χ4v) is 2.25. The zero-order chi connectivity index (χ0) is 12.4. The SMILES string of the molecule is CCc1cnc(CN2CCC(=O)C(C)C2C)o1. The summed E-state index contributed by atoms with van der Waals surface area (Å²) in [5.74, 6) is 2.17. The maximum absolute atomic E-state index is 11.6. The van der Waals surface area contributed by atoms with Crippen LogP contribution in [0.25, 0.3) is 0 Å². The second kappa shape index (κ2) is 5.00. The summed E-state index contributed by atoms with van der Waals surface area (Å²) in [5, 5.41) is 0. The summed E-state index contributed by atoms with van der Waals surface area (Å²) in [4.78, 5) is 18.1. The Morgan fingerprint density at radius 1 is 1.53 bits per heavy atom. The molecule has 1 saturated heterocycles. The first-order valence-electron chi connectivity index (χ1n) is 6.32. The summed E-state index contributed by atoms with van der Waals surface area (Å²) < 4.78 is 5.61. The molecule has 1 aliphatic rings. The van der Waals surface area contributed by atoms with Crippen molar-refractivity contribution in [1.82, 2.24) is 9.88 Å². The summed E-state index contributed by atoms with van der Waals surface area (Å²) in [7, 11) is 0. The maximum atomic E-state index is 11.6. The number of hydrogen-bond donors (Lipinski definition) is 0. The minimum absolute atomic E-state index is 0.115. The van der Waals surface area contributed by atoms with Gasteiger partial charge in [0, 0.05) is 31.3 Å². The van der Waals surface area contributed by atoms with Crippen LogP contribution in [0.5, 0.6) is 0 Å². The van der Waals surface area contributed by atoms with Gasteiger partial charge in [-0.1, -0.05) is 13.8 Å². The summed E-state index contributed by atoms with van der Waals surface area (Å²) in [5.41, 5.74) is 0. The third kappa shape index (κ3) is 2.57. The van der Waals surface area contributed by atoms with Crippen LogP contribution < -0.4 is 0 Å². The molecule has 0 N–H and O–H groups in total. The van der Waals surface area contributed by atoms with Crippen molar-refractivity contribution in [3.8, 4) is 0 Å². The van der Waals surface area contributed by atoms with E-state index in [-0.39, 0.29) is 12.0 Å². The smallest absolute Gasteiger partial charge is 0.208 e. The maximum Gasteiger partial charge on any atom is 0.208 e. The number of likely N-dealkylation sites (tertiary alicyclic amines) is 1. The monoisotopic (exact) mass is 236 g/mol. The van der Waals surface area contributed by atoms with Gasteiger partial charge in [-0.15, -0.1) is 0 Å². The highest BCUT2D eigenvalue weighted by molar-refractivity contribution is 5.82. The number of carbonyl (C=O) groups excluding carboxylic acids is 1. The number of carbonyl (C=O) groups is 1. The average Bonchev–Trinajstić information content (AvgIpc) is 2.78. The van der Waals surface area contributed by atoms with Crippen LogP contribution in [0, 0.1) is 5.92 Å². The van der Waals surface area contributed by atoms with E-state index >= 15 is 0 Å². The van der Waals surface area contributed by atoms with Gasteiger partial charge in [-0.3, -0.25) is 9.69 Å². The Morgan fingerprint density at radius 3 is 2.94 bits per heavy atom. The normalized spacial score (nSPS) is 26.4. The lowest BCUT2D eigenvalue weighted by molar-refractivity contribution is -0.128. The van der Waals surface area contributed by atoms with Crippen molar-refractivity contribution in [2.45, 2.75) is 46.2 Å². The van der Waals surface area contributed by atoms with E-state index in [1.165, 1.54) is 0 Å². The molecule has 0 spiro atoms. The van der Waals surface area contributed by atoms with Gasteiger partial charge in [-0.05, 0) is 6.92 Å². The topological polar surface area (TPSA) is 46.3 Å². The molecule has 0 saturated carbocycles. The molecule has 1 aromatic heterocycles. The third-order valence-corrected chi connectivity index (χ3v) is 3.74. The first-order chi connectivity index (χ1) is 8.11. The highest BCUT2D eigenvalue weighted by atomic mass is 16.4. The highest BCUT2D eigenvalue weighted by Gasteiger charge is 2.31. The summed E-state index contributed by atoms with van der Waals surface area (Å²) in [6, 6.07) is 0.272. The van der Waals surface area contributed by atoms with Crippen molar-refractivity contribution in [2.75, 3.05) is 6.54 Å². The van der Waals surface area contributed by atoms with Gasteiger partial charge in [-0.2, -0.15) is 0 Å². The Labute approximate surface area is 102 Å². The number of hydrogen-bond acceptors (Lipinski definition) is 4. The summed E-state index contributed by atoms with van der Waals surface area (Å²) in [6.45, 7) is 7.68. The molecule has 0 bridgehead atoms. The van der Waals surface area contributed by atoms with Gasteiger partial charge >= 0.3 is 0 Å². The Morgan fingerprint density at radius 2 is 2.29 bits per heavy atom. The number of oxazole rings is 1. The van der Waals surface area contributed by atoms with Crippen molar-refractivity contribution in [2.24, 2.45) is 5.92 Å². The van der Waals surface area contributed by atoms with E-state index in [1.807, 2.05) is 6.92 Å². The lowest BCUT2D eigenvalue weighted by Crippen LogP contribution is -2.46. The summed E-state index contributed by atoms with van der Waals surface area (Å²) >= 11 is 0. The van der Waals surface area contributed by atoms with E-state index in [2.05, 4.69) is 23.7 Å². The molecule has 0 aliphatic carbocycles. The molecule has 17 heavy (non-hydrogen) atoms. The van der Waals surface area contributed by atoms with Gasteiger partial charge in [0.2, 0.25) is 5.89 Å². The molecule has 4 nitrogen and oxygen atoms in total. The molecule has 4 heteroatoms. The van der Waals surface area contributed by atoms with E-state index < -0.39 is 0 Å². The molecular weight excluding hydrogens is 216 g/mol. The Bertz CT molecular complexity index is 400. The molecule has 2 unspecified atom stereocenters. The van der Waals surface area contributed by atoms with E-state index in [0.29, 0.717) is 18.7 Å². The molecule has 2 heterocycles. The Hall–Kier alpha value is -1.16. The standard InChI is InChI=1S/C13H20N2O2/c1-4-11-7-14-13(17-11)8-15-6-5-12(16)9(2)10(15)3/h7,9-10H,4-6,8H2,1-3H3. The van der Waals surface area contributed by atoms with Crippen LogP contribution in [0.15, 0.2) is 10.6 Å². The lowest BCUT2D eigenvalue weighted by atomic mass is 9.91. The fraction of sp³-hybridized carbons (Fsp3) is 0.692. The Kier molecular flexibility index (Phi) is 3.62. The summed E-state index contributed by atoms with van der Waals surface area (Å²) in [6.07, 6.45) is 3.31. The number of Topliss-reactive ketones (excluding diaryl/α,β-unsaturated/α-hetero) is 1. The number of aryl methyl sites for hydroxylation is 1. The largest absolute Gasteiger partial charge is 0.444 e. The number of nitrogens with zero attached hydrogens (tertiary/aromatic N) is 2. The van der Waals surface area contributed by atoms with Crippen molar-refractivity contribution in [3.05, 3.63) is 17.8 Å². The molecule has 2 rings (SSSR count). The van der Waals surface area contributed by atoms with Gasteiger partial charge < -0.3 is 4.42 Å². The second-order valence-corrected chi connectivity index (χ2v) is 4.79. The molecule has 0 amide bonds. The predicted octanol–water partition coefficient (Wildman–Crippen LogP) is 2.04. The molecule has 1 aromatic rings. The third-order valence-electron chi connectivity index (χ3n) is 3.74. The van der Waals surface area contributed by atoms with Crippen LogP contribution in [0.3, 0.4) is 0 Å². The highest BCUT2D eigenvalue weighted by Crippen LogP contribution is 2.22. The first kappa shape index (κ1) is 12.3. The van der Waals surface area contributed by atoms with Crippen molar-refractivity contribution < 1.29 is 9.21 Å². The van der Waals surface area contributed by atoms with Crippen LogP contribution >= 0.6 is 0 Å².